The van der Waals surface area contributed by atoms with Crippen LogP contribution < -0.4 is 5.32 Å². The summed E-state index contributed by atoms with van der Waals surface area (Å²) in [4.78, 5) is 31.0. The lowest BCUT2D eigenvalue weighted by Gasteiger charge is -2.22. The molecule has 2 heterocycles. The van der Waals surface area contributed by atoms with E-state index < -0.39 is 24.9 Å². The van der Waals surface area contributed by atoms with Gasteiger partial charge in [-0.3, -0.25) is 4.79 Å². The summed E-state index contributed by atoms with van der Waals surface area (Å²) in [6, 6.07) is 4.95. The average Bonchev–Trinajstić information content (AvgIpc) is 2.92. The van der Waals surface area contributed by atoms with Crippen LogP contribution in [0.5, 0.6) is 5.75 Å². The SMILES string of the molecule is CC.COC/C1=C([C@H](O)C=O)/C=C/c2nc3ccc(O)c(CN(C)C)c3cc2C(OCCF)NC1=O. The Bertz CT molecular complexity index is 1130. The molecule has 0 saturated heterocycles. The van der Waals surface area contributed by atoms with Gasteiger partial charge < -0.3 is 34.7 Å². The van der Waals surface area contributed by atoms with E-state index >= 15 is 0 Å². The summed E-state index contributed by atoms with van der Waals surface area (Å²) in [5, 5.41) is 24.0. The minimum atomic E-state index is -1.57. The van der Waals surface area contributed by atoms with Crippen molar-refractivity contribution in [2.24, 2.45) is 0 Å². The number of carbonyl (C=O) groups is 2. The Morgan fingerprint density at radius 1 is 1.28 bits per heavy atom. The van der Waals surface area contributed by atoms with Gasteiger partial charge in [-0.2, -0.15) is 0 Å². The summed E-state index contributed by atoms with van der Waals surface area (Å²) in [6.45, 7) is 3.18. The van der Waals surface area contributed by atoms with Gasteiger partial charge in [-0.15, -0.1) is 0 Å². The molecule has 0 spiro atoms. The molecule has 0 bridgehead atoms. The number of carbonyl (C=O) groups excluding carboxylic acids is 2. The van der Waals surface area contributed by atoms with Crippen molar-refractivity contribution in [3.8, 4) is 5.75 Å². The molecule has 9 nitrogen and oxygen atoms in total. The number of amides is 1. The van der Waals surface area contributed by atoms with Gasteiger partial charge in [0.05, 0.1) is 24.4 Å². The van der Waals surface area contributed by atoms with Crippen molar-refractivity contribution in [2.45, 2.75) is 32.7 Å². The van der Waals surface area contributed by atoms with Gasteiger partial charge >= 0.3 is 0 Å². The number of alkyl halides is 1. The molecule has 3 N–H and O–H groups in total. The molecule has 1 amide bonds. The van der Waals surface area contributed by atoms with Gasteiger partial charge in [-0.1, -0.05) is 19.9 Å². The van der Waals surface area contributed by atoms with Crippen molar-refractivity contribution in [1.29, 1.82) is 0 Å². The van der Waals surface area contributed by atoms with Crippen LogP contribution in [0.3, 0.4) is 0 Å². The molecule has 3 rings (SSSR count). The Morgan fingerprint density at radius 2 is 2.00 bits per heavy atom. The van der Waals surface area contributed by atoms with Crippen LogP contribution in [0.4, 0.5) is 4.39 Å². The smallest absolute Gasteiger partial charge is 0.252 e. The number of phenolic OH excluding ortho intramolecular Hbond substituents is 1. The highest BCUT2D eigenvalue weighted by molar-refractivity contribution is 5.97. The Labute approximate surface area is 210 Å². The van der Waals surface area contributed by atoms with Gasteiger partial charge in [-0.25, -0.2) is 9.37 Å². The van der Waals surface area contributed by atoms with Gasteiger partial charge in [0.15, 0.2) is 12.5 Å². The van der Waals surface area contributed by atoms with Gasteiger partial charge in [-0.05, 0) is 43.9 Å². The monoisotopic (exact) mass is 503 g/mol. The summed E-state index contributed by atoms with van der Waals surface area (Å²) in [7, 11) is 5.10. The number of aldehydes is 1. The highest BCUT2D eigenvalue weighted by atomic mass is 19.1. The van der Waals surface area contributed by atoms with E-state index in [1.807, 2.05) is 32.8 Å². The predicted molar refractivity (Wildman–Crippen MR) is 135 cm³/mol. The number of halogens is 1. The zero-order chi connectivity index (χ0) is 26.8. The number of phenols is 1. The van der Waals surface area contributed by atoms with Crippen molar-refractivity contribution in [3.05, 3.63) is 52.2 Å². The molecule has 36 heavy (non-hydrogen) atoms. The quantitative estimate of drug-likeness (QED) is 0.447. The van der Waals surface area contributed by atoms with Crippen LogP contribution in [0.1, 0.15) is 36.9 Å². The molecule has 0 aliphatic carbocycles. The van der Waals surface area contributed by atoms with Gasteiger partial charge in [0, 0.05) is 35.7 Å². The number of nitrogens with zero attached hydrogens (tertiary/aromatic N) is 2. The Balaban J connectivity index is 0.00000222. The maximum Gasteiger partial charge on any atom is 0.252 e. The Morgan fingerprint density at radius 3 is 2.61 bits per heavy atom. The second-order valence-corrected chi connectivity index (χ2v) is 8.02. The number of hydrogen-bond donors (Lipinski definition) is 3. The third-order valence-corrected chi connectivity index (χ3v) is 5.31. The molecule has 2 aromatic rings. The van der Waals surface area contributed by atoms with Gasteiger partial charge in [0.25, 0.3) is 5.91 Å². The van der Waals surface area contributed by atoms with Crippen LogP contribution in [-0.2, 0) is 25.6 Å². The molecule has 0 radical (unpaired) electrons. The number of benzene rings is 1. The summed E-state index contributed by atoms with van der Waals surface area (Å²) >= 11 is 0. The van der Waals surface area contributed by atoms with Crippen LogP contribution >= 0.6 is 0 Å². The topological polar surface area (TPSA) is 121 Å². The molecule has 1 aromatic heterocycles. The standard InChI is InChI=1S/C24H28FN3O6.C2H6/c1-28(2)11-17-15-10-16-20(26-19(15)6-7-21(17)30)5-4-14(22(31)12-29)18(13-33-3)23(32)27-24(16)34-9-8-25;1-2/h4-7,10,12,22,24,30-31H,8-9,11,13H2,1-3H3,(H,27,32);1-2H3/b5-4+,18-14+;/t22-,24?;/m1./s1. The number of pyridine rings is 1. The summed E-state index contributed by atoms with van der Waals surface area (Å²) in [5.41, 5.74) is 2.09. The molecule has 0 saturated carbocycles. The predicted octanol–water partition coefficient (Wildman–Crippen LogP) is 2.66. The molecular weight excluding hydrogens is 469 g/mol. The fourth-order valence-corrected chi connectivity index (χ4v) is 3.77. The molecule has 1 aliphatic rings. The number of aromatic hydroxyl groups is 1. The number of hydrogen-bond acceptors (Lipinski definition) is 8. The van der Waals surface area contributed by atoms with Crippen molar-refractivity contribution < 1.29 is 33.7 Å². The Kier molecular flexibility index (Phi) is 11.1. The minimum absolute atomic E-state index is 0.0236. The largest absolute Gasteiger partial charge is 0.508 e. The zero-order valence-electron chi connectivity index (χ0n) is 21.2. The summed E-state index contributed by atoms with van der Waals surface area (Å²) < 4.78 is 23.7. The van der Waals surface area contributed by atoms with Crippen molar-refractivity contribution in [3.63, 3.8) is 0 Å². The second-order valence-electron chi connectivity index (χ2n) is 8.02. The molecule has 1 unspecified atom stereocenters. The zero-order valence-corrected chi connectivity index (χ0v) is 21.2. The fourth-order valence-electron chi connectivity index (χ4n) is 3.77. The van der Waals surface area contributed by atoms with Gasteiger partial charge in [0.1, 0.15) is 18.5 Å². The van der Waals surface area contributed by atoms with E-state index in [-0.39, 0.29) is 30.1 Å². The number of fused-ring (bicyclic) bond motifs is 2. The maximum absolute atomic E-state index is 13.1. The van der Waals surface area contributed by atoms with E-state index in [2.05, 4.69) is 10.3 Å². The van der Waals surface area contributed by atoms with Crippen LogP contribution in [0.25, 0.3) is 17.0 Å². The highest BCUT2D eigenvalue weighted by Crippen LogP contribution is 2.32. The van der Waals surface area contributed by atoms with E-state index in [4.69, 9.17) is 9.47 Å². The van der Waals surface area contributed by atoms with E-state index in [1.54, 1.807) is 24.3 Å². The number of rotatable bonds is 9. The molecule has 2 atom stereocenters. The normalized spacial score (nSPS) is 19.3. The maximum atomic E-state index is 13.1. The third-order valence-electron chi connectivity index (χ3n) is 5.31. The lowest BCUT2D eigenvalue weighted by Crippen LogP contribution is -2.34. The van der Waals surface area contributed by atoms with E-state index in [0.29, 0.717) is 40.6 Å². The van der Waals surface area contributed by atoms with Crippen molar-refractivity contribution >= 4 is 29.2 Å². The number of ether oxygens (including phenoxy) is 2. The van der Waals surface area contributed by atoms with Crippen molar-refractivity contribution in [1.82, 2.24) is 15.2 Å². The van der Waals surface area contributed by atoms with Crippen LogP contribution in [0, 0.1) is 0 Å². The van der Waals surface area contributed by atoms with Crippen LogP contribution in [-0.4, -0.2) is 79.5 Å². The molecule has 196 valence electrons. The fraction of sp³-hybridized carbons (Fsp3) is 0.423. The van der Waals surface area contributed by atoms with Gasteiger partial charge in [0.2, 0.25) is 0 Å². The number of aromatic nitrogens is 1. The Hall–Kier alpha value is -3.18. The van der Waals surface area contributed by atoms with E-state index in [1.165, 1.54) is 13.2 Å². The second kappa shape index (κ2) is 13.8. The minimum Gasteiger partial charge on any atom is -0.508 e. The molecule has 10 heteroatoms. The third kappa shape index (κ3) is 6.73. The summed E-state index contributed by atoms with van der Waals surface area (Å²) in [5.74, 6) is -0.559. The van der Waals surface area contributed by atoms with Crippen LogP contribution in [0.2, 0.25) is 0 Å². The average molecular weight is 504 g/mol. The molecule has 1 aliphatic heterocycles. The van der Waals surface area contributed by atoms with Crippen molar-refractivity contribution in [2.75, 3.05) is 41.1 Å². The first-order valence-corrected chi connectivity index (χ1v) is 11.6. The highest BCUT2D eigenvalue weighted by Gasteiger charge is 2.27. The molecule has 1 aromatic carbocycles. The first-order chi connectivity index (χ1) is 17.3. The number of aliphatic hydroxyl groups is 1. The number of aliphatic hydroxyl groups excluding tert-OH is 1. The van der Waals surface area contributed by atoms with E-state index in [0.717, 1.165) is 0 Å². The first-order valence-electron chi connectivity index (χ1n) is 11.6. The number of methoxy groups -OCH3 is 1. The van der Waals surface area contributed by atoms with Crippen LogP contribution in [0.15, 0.2) is 35.4 Å². The molecular formula is C26H34FN3O6. The van der Waals surface area contributed by atoms with E-state index in [9.17, 15) is 24.2 Å². The number of nitrogens with one attached hydrogen (secondary N) is 1. The summed E-state index contributed by atoms with van der Waals surface area (Å²) in [6.07, 6.45) is 0.639. The molecule has 0 fully saturated rings. The lowest BCUT2D eigenvalue weighted by molar-refractivity contribution is -0.122. The lowest BCUT2D eigenvalue weighted by atomic mass is 10.0. The first kappa shape index (κ1) is 29.1.